The Balaban J connectivity index is 1.56. The number of likely N-dealkylation sites (tertiary alicyclic amines) is 1. The summed E-state index contributed by atoms with van der Waals surface area (Å²) in [6.45, 7) is 3.81. The van der Waals surface area contributed by atoms with Crippen molar-refractivity contribution in [2.75, 3.05) is 33.4 Å². The largest absolute Gasteiger partial charge is 0.474 e. The van der Waals surface area contributed by atoms with Gasteiger partial charge in [0.2, 0.25) is 0 Å². The molecule has 0 saturated carbocycles. The first kappa shape index (κ1) is 18.5. The van der Waals surface area contributed by atoms with Crippen molar-refractivity contribution in [2.24, 2.45) is 5.73 Å². The highest BCUT2D eigenvalue weighted by Gasteiger charge is 2.28. The van der Waals surface area contributed by atoms with E-state index in [-0.39, 0.29) is 11.9 Å². The first-order valence-electron chi connectivity index (χ1n) is 8.83. The van der Waals surface area contributed by atoms with E-state index < -0.39 is 6.23 Å². The van der Waals surface area contributed by atoms with Crippen molar-refractivity contribution < 1.29 is 14.3 Å². The maximum atomic E-state index is 12.7. The monoisotopic (exact) mass is 367 g/mol. The van der Waals surface area contributed by atoms with Gasteiger partial charge in [0.25, 0.3) is 5.91 Å². The van der Waals surface area contributed by atoms with Crippen molar-refractivity contribution in [1.29, 1.82) is 0 Å². The summed E-state index contributed by atoms with van der Waals surface area (Å²) in [4.78, 5) is 15.1. The Labute approximate surface area is 153 Å². The molecular weight excluding hydrogens is 342 g/mol. The first-order chi connectivity index (χ1) is 12.1. The average molecular weight is 368 g/mol. The standard InChI is InChI=1S/C18H26ClN3O3/c1-24-8-2-5-22-6-3-14(4-7-22)21-18(23)15-11-13(19)9-12-10-16(20)25-17(12)15/h9,11,14,16H,2-8,10,20H2,1H3,(H,21,23). The molecule has 3 rings (SSSR count). The van der Waals surface area contributed by atoms with E-state index in [9.17, 15) is 4.79 Å². The van der Waals surface area contributed by atoms with Crippen LogP contribution in [-0.4, -0.2) is 56.4 Å². The summed E-state index contributed by atoms with van der Waals surface area (Å²) in [5.41, 5.74) is 7.23. The summed E-state index contributed by atoms with van der Waals surface area (Å²) in [6.07, 6.45) is 3.11. The molecular formula is C18H26ClN3O3. The molecule has 0 bridgehead atoms. The summed E-state index contributed by atoms with van der Waals surface area (Å²) in [6, 6.07) is 3.66. The predicted molar refractivity (Wildman–Crippen MR) is 97.2 cm³/mol. The second kappa shape index (κ2) is 8.36. The molecule has 1 saturated heterocycles. The van der Waals surface area contributed by atoms with Gasteiger partial charge >= 0.3 is 0 Å². The van der Waals surface area contributed by atoms with Crippen molar-refractivity contribution in [1.82, 2.24) is 10.2 Å². The number of piperidine rings is 1. The fraction of sp³-hybridized carbons (Fsp3) is 0.611. The molecule has 0 aromatic heterocycles. The van der Waals surface area contributed by atoms with Crippen LogP contribution >= 0.6 is 11.6 Å². The zero-order valence-electron chi connectivity index (χ0n) is 14.6. The lowest BCUT2D eigenvalue weighted by Gasteiger charge is -2.32. The fourth-order valence-electron chi connectivity index (χ4n) is 3.52. The predicted octanol–water partition coefficient (Wildman–Crippen LogP) is 1.79. The van der Waals surface area contributed by atoms with E-state index in [1.165, 1.54) is 0 Å². The number of hydrogen-bond donors (Lipinski definition) is 2. The quantitative estimate of drug-likeness (QED) is 0.750. The van der Waals surface area contributed by atoms with Gasteiger partial charge in [-0.2, -0.15) is 0 Å². The Bertz CT molecular complexity index is 618. The third-order valence-electron chi connectivity index (χ3n) is 4.81. The molecule has 1 aromatic carbocycles. The molecule has 1 amide bonds. The Morgan fingerprint density at radius 1 is 1.44 bits per heavy atom. The number of hydrogen-bond acceptors (Lipinski definition) is 5. The number of amides is 1. The maximum Gasteiger partial charge on any atom is 0.255 e. The minimum absolute atomic E-state index is 0.134. The van der Waals surface area contributed by atoms with Crippen molar-refractivity contribution in [2.45, 2.75) is 38.0 Å². The lowest BCUT2D eigenvalue weighted by atomic mass is 10.0. The highest BCUT2D eigenvalue weighted by molar-refractivity contribution is 6.31. The molecule has 1 aromatic rings. The second-order valence-electron chi connectivity index (χ2n) is 6.74. The van der Waals surface area contributed by atoms with Gasteiger partial charge in [0.1, 0.15) is 5.75 Å². The molecule has 2 aliphatic rings. The number of carbonyl (C=O) groups excluding carboxylic acids is 1. The number of nitrogens with zero attached hydrogens (tertiary/aromatic N) is 1. The minimum Gasteiger partial charge on any atom is -0.474 e. The number of halogens is 1. The van der Waals surface area contributed by atoms with Crippen LogP contribution in [0.5, 0.6) is 5.75 Å². The number of methoxy groups -OCH3 is 1. The number of carbonyl (C=O) groups is 1. The van der Waals surface area contributed by atoms with E-state index in [0.717, 1.165) is 51.1 Å². The van der Waals surface area contributed by atoms with Gasteiger partial charge in [0.05, 0.1) is 5.56 Å². The van der Waals surface area contributed by atoms with E-state index in [4.69, 9.17) is 26.8 Å². The number of benzene rings is 1. The zero-order chi connectivity index (χ0) is 17.8. The van der Waals surface area contributed by atoms with Crippen molar-refractivity contribution in [3.63, 3.8) is 0 Å². The van der Waals surface area contributed by atoms with Crippen LogP contribution in [0.2, 0.25) is 5.02 Å². The summed E-state index contributed by atoms with van der Waals surface area (Å²) < 4.78 is 10.7. The number of fused-ring (bicyclic) bond motifs is 1. The summed E-state index contributed by atoms with van der Waals surface area (Å²) in [7, 11) is 1.73. The zero-order valence-corrected chi connectivity index (χ0v) is 15.3. The van der Waals surface area contributed by atoms with Crippen LogP contribution in [0, 0.1) is 0 Å². The molecule has 2 heterocycles. The summed E-state index contributed by atoms with van der Waals surface area (Å²) in [5.74, 6) is 0.442. The van der Waals surface area contributed by atoms with Gasteiger partial charge < -0.3 is 19.7 Å². The number of ether oxygens (including phenoxy) is 2. The molecule has 25 heavy (non-hydrogen) atoms. The Hall–Kier alpha value is -1.34. The molecule has 2 aliphatic heterocycles. The van der Waals surface area contributed by atoms with Crippen LogP contribution in [0.3, 0.4) is 0 Å². The lowest BCUT2D eigenvalue weighted by Crippen LogP contribution is -2.45. The van der Waals surface area contributed by atoms with Crippen molar-refractivity contribution >= 4 is 17.5 Å². The van der Waals surface area contributed by atoms with Crippen molar-refractivity contribution in [3.8, 4) is 5.75 Å². The van der Waals surface area contributed by atoms with E-state index in [1.807, 2.05) is 6.07 Å². The number of rotatable bonds is 6. The molecule has 1 atom stereocenters. The molecule has 0 spiro atoms. The van der Waals surface area contributed by atoms with Crippen LogP contribution in [0.25, 0.3) is 0 Å². The molecule has 7 heteroatoms. The SMILES string of the molecule is COCCCN1CCC(NC(=O)c2cc(Cl)cc3c2OC(N)C3)CC1. The number of nitrogens with two attached hydrogens (primary N) is 1. The van der Waals surface area contributed by atoms with E-state index in [1.54, 1.807) is 13.2 Å². The minimum atomic E-state index is -0.407. The maximum absolute atomic E-state index is 12.7. The summed E-state index contributed by atoms with van der Waals surface area (Å²) >= 11 is 6.15. The molecule has 6 nitrogen and oxygen atoms in total. The van der Waals surface area contributed by atoms with Gasteiger partial charge in [-0.05, 0) is 31.4 Å². The fourth-order valence-corrected chi connectivity index (χ4v) is 3.76. The summed E-state index contributed by atoms with van der Waals surface area (Å²) in [5, 5.41) is 3.66. The normalized spacial score (nSPS) is 21.0. The van der Waals surface area contributed by atoms with Gasteiger partial charge in [-0.25, -0.2) is 0 Å². The van der Waals surface area contributed by atoms with Gasteiger partial charge in [0.15, 0.2) is 6.23 Å². The third-order valence-corrected chi connectivity index (χ3v) is 5.03. The van der Waals surface area contributed by atoms with Crippen LogP contribution in [0.1, 0.15) is 35.2 Å². The molecule has 138 valence electrons. The molecule has 1 fully saturated rings. The smallest absolute Gasteiger partial charge is 0.255 e. The third kappa shape index (κ3) is 4.64. The Morgan fingerprint density at radius 2 is 2.20 bits per heavy atom. The van der Waals surface area contributed by atoms with E-state index >= 15 is 0 Å². The Kier molecular flexibility index (Phi) is 6.17. The Morgan fingerprint density at radius 3 is 2.92 bits per heavy atom. The molecule has 3 N–H and O–H groups in total. The van der Waals surface area contributed by atoms with Gasteiger partial charge in [-0.3, -0.25) is 10.5 Å². The van der Waals surface area contributed by atoms with Crippen molar-refractivity contribution in [3.05, 3.63) is 28.3 Å². The van der Waals surface area contributed by atoms with Crippen LogP contribution in [0.4, 0.5) is 0 Å². The van der Waals surface area contributed by atoms with E-state index in [0.29, 0.717) is 22.8 Å². The highest BCUT2D eigenvalue weighted by atomic mass is 35.5. The second-order valence-corrected chi connectivity index (χ2v) is 7.17. The van der Waals surface area contributed by atoms with E-state index in [2.05, 4.69) is 10.2 Å². The first-order valence-corrected chi connectivity index (χ1v) is 9.21. The molecule has 0 radical (unpaired) electrons. The van der Waals surface area contributed by atoms with Crippen LogP contribution < -0.4 is 15.8 Å². The molecule has 0 aliphatic carbocycles. The van der Waals surface area contributed by atoms with Gasteiger partial charge in [-0.1, -0.05) is 11.6 Å². The molecule has 1 unspecified atom stereocenters. The number of nitrogens with one attached hydrogen (secondary N) is 1. The van der Waals surface area contributed by atoms with Crippen LogP contribution in [0.15, 0.2) is 12.1 Å². The van der Waals surface area contributed by atoms with Crippen LogP contribution in [-0.2, 0) is 11.2 Å². The highest BCUT2D eigenvalue weighted by Crippen LogP contribution is 2.34. The van der Waals surface area contributed by atoms with Gasteiger partial charge in [-0.15, -0.1) is 0 Å². The topological polar surface area (TPSA) is 76.8 Å². The average Bonchev–Trinajstić information content (AvgIpc) is 2.95. The van der Waals surface area contributed by atoms with Gasteiger partial charge in [0, 0.05) is 56.4 Å². The lowest BCUT2D eigenvalue weighted by molar-refractivity contribution is 0.0902.